The van der Waals surface area contributed by atoms with E-state index in [-0.39, 0.29) is 0 Å². The Balaban J connectivity index is 2.41. The summed E-state index contributed by atoms with van der Waals surface area (Å²) >= 11 is 0. The number of carbonyl (C=O) groups excluding carboxylic acids is 1. The summed E-state index contributed by atoms with van der Waals surface area (Å²) < 4.78 is 10.2. The van der Waals surface area contributed by atoms with Gasteiger partial charge in [-0.2, -0.15) is 0 Å². The molecule has 5 heteroatoms. The first-order valence-corrected chi connectivity index (χ1v) is 6.05. The molecule has 0 aromatic carbocycles. The average molecular weight is 242 g/mol. The van der Waals surface area contributed by atoms with Crippen molar-refractivity contribution in [1.29, 1.82) is 0 Å². The zero-order valence-corrected chi connectivity index (χ0v) is 10.8. The van der Waals surface area contributed by atoms with Crippen molar-refractivity contribution >= 4 is 5.97 Å². The van der Waals surface area contributed by atoms with Gasteiger partial charge in [0, 0.05) is 20.0 Å². The zero-order chi connectivity index (χ0) is 12.7. The summed E-state index contributed by atoms with van der Waals surface area (Å²) in [5.74, 6) is 1.05. The summed E-state index contributed by atoms with van der Waals surface area (Å²) in [6, 6.07) is 0. The Labute approximate surface area is 103 Å². The third kappa shape index (κ3) is 4.65. The van der Waals surface area contributed by atoms with Gasteiger partial charge in [0.15, 0.2) is 5.70 Å². The number of esters is 1. The number of rotatable bonds is 8. The quantitative estimate of drug-likeness (QED) is 0.218. The predicted molar refractivity (Wildman–Crippen MR) is 65.1 cm³/mol. The standard InChI is InChI=1S/C12H22N2O3/c1-4-10(11(13-2)12(15)16-3)17-8-14-7-9-5-6-9/h9,13-14H,4-8H2,1-3H3/b11-10-. The van der Waals surface area contributed by atoms with E-state index >= 15 is 0 Å². The molecule has 0 spiro atoms. The number of hydrogen-bond acceptors (Lipinski definition) is 5. The second-order valence-corrected chi connectivity index (χ2v) is 4.08. The lowest BCUT2D eigenvalue weighted by Crippen LogP contribution is -2.24. The molecule has 2 N–H and O–H groups in total. The maximum atomic E-state index is 11.5. The minimum Gasteiger partial charge on any atom is -0.480 e. The van der Waals surface area contributed by atoms with Crippen LogP contribution in [0.25, 0.3) is 0 Å². The Morgan fingerprint density at radius 1 is 1.41 bits per heavy atom. The number of allylic oxidation sites excluding steroid dienone is 1. The molecule has 0 aliphatic heterocycles. The summed E-state index contributed by atoms with van der Waals surface area (Å²) in [4.78, 5) is 11.5. The Morgan fingerprint density at radius 3 is 2.59 bits per heavy atom. The van der Waals surface area contributed by atoms with Crippen LogP contribution in [-0.4, -0.2) is 33.4 Å². The lowest BCUT2D eigenvalue weighted by Gasteiger charge is -2.14. The lowest BCUT2D eigenvalue weighted by molar-refractivity contribution is -0.136. The van der Waals surface area contributed by atoms with Gasteiger partial charge in [0.25, 0.3) is 0 Å². The normalized spacial score (nSPS) is 16.2. The Bertz CT molecular complexity index is 285. The van der Waals surface area contributed by atoms with Crippen molar-refractivity contribution in [2.45, 2.75) is 26.2 Å². The van der Waals surface area contributed by atoms with Gasteiger partial charge in [-0.3, -0.25) is 5.32 Å². The van der Waals surface area contributed by atoms with Crippen LogP contribution < -0.4 is 10.6 Å². The van der Waals surface area contributed by atoms with E-state index in [0.717, 1.165) is 12.5 Å². The molecule has 1 saturated carbocycles. The Kier molecular flexibility index (Phi) is 5.83. The lowest BCUT2D eigenvalue weighted by atomic mass is 10.3. The van der Waals surface area contributed by atoms with Crippen molar-refractivity contribution in [1.82, 2.24) is 10.6 Å². The number of methoxy groups -OCH3 is 1. The molecule has 0 atom stereocenters. The fraction of sp³-hybridized carbons (Fsp3) is 0.750. The van der Waals surface area contributed by atoms with Gasteiger partial charge in [-0.05, 0) is 18.8 Å². The van der Waals surface area contributed by atoms with Gasteiger partial charge in [-0.15, -0.1) is 0 Å². The molecular weight excluding hydrogens is 220 g/mol. The number of nitrogens with one attached hydrogen (secondary N) is 2. The van der Waals surface area contributed by atoms with Crippen molar-refractivity contribution in [2.24, 2.45) is 5.92 Å². The fourth-order valence-corrected chi connectivity index (χ4v) is 1.53. The molecule has 0 aromatic rings. The minimum absolute atomic E-state index is 0.392. The maximum Gasteiger partial charge on any atom is 0.357 e. The molecule has 0 bridgehead atoms. The van der Waals surface area contributed by atoms with Gasteiger partial charge in [-0.25, -0.2) is 4.79 Å². The second kappa shape index (κ2) is 7.17. The van der Waals surface area contributed by atoms with Crippen molar-refractivity contribution in [3.05, 3.63) is 11.5 Å². The van der Waals surface area contributed by atoms with Crippen LogP contribution in [-0.2, 0) is 14.3 Å². The van der Waals surface area contributed by atoms with Crippen LogP contribution in [0.1, 0.15) is 26.2 Å². The van der Waals surface area contributed by atoms with Gasteiger partial charge in [0.1, 0.15) is 12.5 Å². The number of likely N-dealkylation sites (N-methyl/N-ethyl adjacent to an activating group) is 1. The topological polar surface area (TPSA) is 59.6 Å². The van der Waals surface area contributed by atoms with E-state index in [9.17, 15) is 4.79 Å². The molecule has 17 heavy (non-hydrogen) atoms. The highest BCUT2D eigenvalue weighted by molar-refractivity contribution is 5.88. The van der Waals surface area contributed by atoms with Crippen molar-refractivity contribution < 1.29 is 14.3 Å². The number of carbonyl (C=O) groups is 1. The van der Waals surface area contributed by atoms with Crippen LogP contribution in [0.4, 0.5) is 0 Å². The predicted octanol–water partition coefficient (Wildman–Crippen LogP) is 0.974. The van der Waals surface area contributed by atoms with E-state index in [1.807, 2.05) is 6.92 Å². The molecule has 1 rings (SSSR count). The third-order valence-electron chi connectivity index (χ3n) is 2.72. The first-order valence-electron chi connectivity index (χ1n) is 6.05. The Morgan fingerprint density at radius 2 is 2.12 bits per heavy atom. The molecule has 0 heterocycles. The van der Waals surface area contributed by atoms with E-state index in [1.54, 1.807) is 7.05 Å². The number of hydrogen-bond donors (Lipinski definition) is 2. The van der Waals surface area contributed by atoms with Crippen molar-refractivity contribution in [3.63, 3.8) is 0 Å². The summed E-state index contributed by atoms with van der Waals surface area (Å²) in [5, 5.41) is 6.03. The molecule has 1 aliphatic carbocycles. The van der Waals surface area contributed by atoms with Gasteiger partial charge in [0.05, 0.1) is 7.11 Å². The highest BCUT2D eigenvalue weighted by atomic mass is 16.5. The van der Waals surface area contributed by atoms with Gasteiger partial charge in [0.2, 0.25) is 0 Å². The zero-order valence-electron chi connectivity index (χ0n) is 10.8. The van der Waals surface area contributed by atoms with Crippen LogP contribution in [0.5, 0.6) is 0 Å². The Hall–Kier alpha value is -1.23. The van der Waals surface area contributed by atoms with E-state index < -0.39 is 5.97 Å². The van der Waals surface area contributed by atoms with E-state index in [1.165, 1.54) is 20.0 Å². The molecule has 1 fully saturated rings. The largest absolute Gasteiger partial charge is 0.480 e. The molecular formula is C12H22N2O3. The van der Waals surface area contributed by atoms with Crippen LogP contribution in [0.3, 0.4) is 0 Å². The molecule has 0 amide bonds. The van der Waals surface area contributed by atoms with Gasteiger partial charge >= 0.3 is 5.97 Å². The number of ether oxygens (including phenoxy) is 2. The molecule has 0 radical (unpaired) electrons. The molecule has 0 unspecified atom stereocenters. The third-order valence-corrected chi connectivity index (χ3v) is 2.72. The monoisotopic (exact) mass is 242 g/mol. The summed E-state index contributed by atoms with van der Waals surface area (Å²) in [5.41, 5.74) is 0.392. The first kappa shape index (κ1) is 13.8. The summed E-state index contributed by atoms with van der Waals surface area (Å²) in [7, 11) is 3.04. The first-order chi connectivity index (χ1) is 8.22. The van der Waals surface area contributed by atoms with Crippen molar-refractivity contribution in [2.75, 3.05) is 27.4 Å². The van der Waals surface area contributed by atoms with Crippen LogP contribution in [0.2, 0.25) is 0 Å². The summed E-state index contributed by atoms with van der Waals surface area (Å²) in [6.07, 6.45) is 3.27. The molecule has 0 saturated heterocycles. The molecule has 1 aliphatic rings. The fourth-order valence-electron chi connectivity index (χ4n) is 1.53. The van der Waals surface area contributed by atoms with Gasteiger partial charge in [-0.1, -0.05) is 6.92 Å². The summed E-state index contributed by atoms with van der Waals surface area (Å²) in [6.45, 7) is 3.36. The van der Waals surface area contributed by atoms with Gasteiger partial charge < -0.3 is 14.8 Å². The molecule has 5 nitrogen and oxygen atoms in total. The van der Waals surface area contributed by atoms with Crippen molar-refractivity contribution in [3.8, 4) is 0 Å². The highest BCUT2D eigenvalue weighted by Crippen LogP contribution is 2.27. The maximum absolute atomic E-state index is 11.5. The highest BCUT2D eigenvalue weighted by Gasteiger charge is 2.20. The SMILES string of the molecule is CC/C(OCNCC1CC1)=C(/NC)C(=O)OC. The second-order valence-electron chi connectivity index (χ2n) is 4.08. The van der Waals surface area contributed by atoms with Crippen LogP contribution in [0, 0.1) is 5.92 Å². The molecule has 0 aromatic heterocycles. The van der Waals surface area contributed by atoms with E-state index in [4.69, 9.17) is 4.74 Å². The molecule has 98 valence electrons. The van der Waals surface area contributed by atoms with E-state index in [2.05, 4.69) is 15.4 Å². The minimum atomic E-state index is -0.397. The van der Waals surface area contributed by atoms with Crippen LogP contribution in [0.15, 0.2) is 11.5 Å². The smallest absolute Gasteiger partial charge is 0.357 e. The van der Waals surface area contributed by atoms with Crippen LogP contribution >= 0.6 is 0 Å². The van der Waals surface area contributed by atoms with E-state index in [0.29, 0.717) is 24.6 Å². The average Bonchev–Trinajstić information content (AvgIpc) is 3.16.